The van der Waals surface area contributed by atoms with Gasteiger partial charge in [0.05, 0.1) is 0 Å². The average Bonchev–Trinajstić information content (AvgIpc) is 2.30. The molecule has 3 nitrogen and oxygen atoms in total. The predicted octanol–water partition coefficient (Wildman–Crippen LogP) is 3.37. The van der Waals surface area contributed by atoms with E-state index < -0.39 is 12.5 Å². The number of ether oxygens (including phenoxy) is 2. The van der Waals surface area contributed by atoms with E-state index in [2.05, 4.69) is 4.74 Å². The van der Waals surface area contributed by atoms with Crippen molar-refractivity contribution in [1.29, 1.82) is 0 Å². The Morgan fingerprint density at radius 2 is 1.75 bits per heavy atom. The topological polar surface area (TPSA) is 35.5 Å². The van der Waals surface area contributed by atoms with Crippen molar-refractivity contribution in [2.45, 2.75) is 32.7 Å². The minimum atomic E-state index is -4.71. The van der Waals surface area contributed by atoms with Crippen molar-refractivity contribution in [1.82, 2.24) is 0 Å². The van der Waals surface area contributed by atoms with Crippen molar-refractivity contribution in [3.8, 4) is 5.75 Å². The van der Waals surface area contributed by atoms with Gasteiger partial charge in [0, 0.05) is 13.5 Å². The molecule has 112 valence electrons. The Bertz CT molecular complexity index is 438. The van der Waals surface area contributed by atoms with Crippen LogP contribution in [0.2, 0.25) is 0 Å². The van der Waals surface area contributed by atoms with E-state index in [0.29, 0.717) is 5.56 Å². The van der Waals surface area contributed by atoms with Gasteiger partial charge in [-0.2, -0.15) is 0 Å². The fraction of sp³-hybridized carbons (Fsp3) is 0.500. The number of benzene rings is 1. The van der Waals surface area contributed by atoms with Gasteiger partial charge < -0.3 is 9.47 Å². The molecule has 0 spiro atoms. The van der Waals surface area contributed by atoms with Crippen molar-refractivity contribution in [2.75, 3.05) is 7.11 Å². The third-order valence-electron chi connectivity index (χ3n) is 2.71. The Kier molecular flexibility index (Phi) is 5.56. The number of hydrogen-bond donors (Lipinski definition) is 0. The zero-order valence-electron chi connectivity index (χ0n) is 11.5. The molecule has 6 heteroatoms. The van der Waals surface area contributed by atoms with Crippen molar-refractivity contribution in [2.24, 2.45) is 5.92 Å². The summed E-state index contributed by atoms with van der Waals surface area (Å²) in [5.74, 6) is -0.367. The molecule has 0 saturated heterocycles. The van der Waals surface area contributed by atoms with E-state index >= 15 is 0 Å². The molecule has 1 aromatic carbocycles. The minimum Gasteiger partial charge on any atom is -0.406 e. The molecule has 0 aliphatic heterocycles. The lowest BCUT2D eigenvalue weighted by molar-refractivity contribution is -0.274. The monoisotopic (exact) mass is 290 g/mol. The van der Waals surface area contributed by atoms with E-state index in [1.165, 1.54) is 31.4 Å². The molecule has 0 fully saturated rings. The SMILES string of the molecule is COC(C(=O)Cc1ccc(OC(F)(F)F)cc1)C(C)C. The number of ketones is 1. The van der Waals surface area contributed by atoms with Gasteiger partial charge in [-0.05, 0) is 23.6 Å². The van der Waals surface area contributed by atoms with E-state index in [9.17, 15) is 18.0 Å². The van der Waals surface area contributed by atoms with Crippen molar-refractivity contribution < 1.29 is 27.4 Å². The molecular weight excluding hydrogens is 273 g/mol. The average molecular weight is 290 g/mol. The largest absolute Gasteiger partial charge is 0.573 e. The first-order valence-electron chi connectivity index (χ1n) is 6.13. The quantitative estimate of drug-likeness (QED) is 0.806. The van der Waals surface area contributed by atoms with Crippen LogP contribution < -0.4 is 4.74 Å². The number of carbonyl (C=O) groups is 1. The Balaban J connectivity index is 2.68. The zero-order chi connectivity index (χ0) is 15.3. The summed E-state index contributed by atoms with van der Waals surface area (Å²) in [5, 5.41) is 0. The van der Waals surface area contributed by atoms with Gasteiger partial charge >= 0.3 is 6.36 Å². The van der Waals surface area contributed by atoms with Crippen LogP contribution in [0.5, 0.6) is 5.75 Å². The summed E-state index contributed by atoms with van der Waals surface area (Å²) in [5.41, 5.74) is 0.618. The molecule has 1 aromatic rings. The second-order valence-electron chi connectivity index (χ2n) is 4.74. The first kappa shape index (κ1) is 16.5. The summed E-state index contributed by atoms with van der Waals surface area (Å²) in [4.78, 5) is 12.0. The molecule has 0 heterocycles. The van der Waals surface area contributed by atoms with E-state index in [1.807, 2.05) is 13.8 Å². The van der Waals surface area contributed by atoms with E-state index in [1.54, 1.807) is 0 Å². The van der Waals surface area contributed by atoms with Crippen LogP contribution in [0.3, 0.4) is 0 Å². The van der Waals surface area contributed by atoms with Crippen LogP contribution in [-0.2, 0) is 16.0 Å². The maximum Gasteiger partial charge on any atom is 0.573 e. The summed E-state index contributed by atoms with van der Waals surface area (Å²) < 4.78 is 44.9. The minimum absolute atomic E-state index is 0.0420. The Morgan fingerprint density at radius 1 is 1.20 bits per heavy atom. The number of alkyl halides is 3. The molecule has 0 radical (unpaired) electrons. The van der Waals surface area contributed by atoms with Crippen LogP contribution in [0.25, 0.3) is 0 Å². The number of methoxy groups -OCH3 is 1. The Hall–Kier alpha value is -1.56. The number of rotatable bonds is 6. The van der Waals surface area contributed by atoms with E-state index in [4.69, 9.17) is 4.74 Å². The summed E-state index contributed by atoms with van der Waals surface area (Å²) in [7, 11) is 1.46. The number of Topliss-reactive ketones (excluding diaryl/α,β-unsaturated/α-hetero) is 1. The van der Waals surface area contributed by atoms with Gasteiger partial charge in [0.2, 0.25) is 0 Å². The first-order chi connectivity index (χ1) is 9.23. The van der Waals surface area contributed by atoms with E-state index in [-0.39, 0.29) is 23.9 Å². The maximum atomic E-state index is 12.0. The molecule has 0 amide bonds. The van der Waals surface area contributed by atoms with Gasteiger partial charge in [-0.25, -0.2) is 0 Å². The van der Waals surface area contributed by atoms with Crippen LogP contribution in [0.1, 0.15) is 19.4 Å². The smallest absolute Gasteiger partial charge is 0.406 e. The molecule has 1 rings (SSSR count). The molecular formula is C14H17F3O3. The number of carbonyl (C=O) groups excluding carboxylic acids is 1. The molecule has 1 unspecified atom stereocenters. The van der Waals surface area contributed by atoms with Gasteiger partial charge in [-0.3, -0.25) is 4.79 Å². The zero-order valence-corrected chi connectivity index (χ0v) is 11.5. The van der Waals surface area contributed by atoms with Crippen LogP contribution in [0, 0.1) is 5.92 Å². The fourth-order valence-corrected chi connectivity index (χ4v) is 1.89. The molecule has 0 bridgehead atoms. The van der Waals surface area contributed by atoms with Crippen molar-refractivity contribution >= 4 is 5.78 Å². The standard InChI is InChI=1S/C14H17F3O3/c1-9(2)13(19-3)12(18)8-10-4-6-11(7-5-10)20-14(15,16)17/h4-7,9,13H,8H2,1-3H3. The lowest BCUT2D eigenvalue weighted by Crippen LogP contribution is -2.29. The highest BCUT2D eigenvalue weighted by atomic mass is 19.4. The van der Waals surface area contributed by atoms with Gasteiger partial charge in [-0.15, -0.1) is 13.2 Å². The molecule has 0 aliphatic rings. The fourth-order valence-electron chi connectivity index (χ4n) is 1.89. The summed E-state index contributed by atoms with van der Waals surface area (Å²) in [6.45, 7) is 3.73. The molecule has 1 atom stereocenters. The second kappa shape index (κ2) is 6.74. The first-order valence-corrected chi connectivity index (χ1v) is 6.13. The maximum absolute atomic E-state index is 12.0. The highest BCUT2D eigenvalue weighted by Crippen LogP contribution is 2.23. The predicted molar refractivity (Wildman–Crippen MR) is 67.5 cm³/mol. The Morgan fingerprint density at radius 3 is 2.15 bits per heavy atom. The molecule has 0 aromatic heterocycles. The third kappa shape index (κ3) is 5.21. The van der Waals surface area contributed by atoms with Crippen LogP contribution >= 0.6 is 0 Å². The highest BCUT2D eigenvalue weighted by Gasteiger charge is 2.31. The van der Waals surface area contributed by atoms with Gasteiger partial charge in [0.1, 0.15) is 11.9 Å². The normalized spacial score (nSPS) is 13.3. The summed E-state index contributed by atoms with van der Waals surface area (Å²) in [6, 6.07) is 5.25. The summed E-state index contributed by atoms with van der Waals surface area (Å²) >= 11 is 0. The lowest BCUT2D eigenvalue weighted by Gasteiger charge is -2.17. The molecule has 0 N–H and O–H groups in total. The highest BCUT2D eigenvalue weighted by molar-refractivity contribution is 5.85. The molecule has 0 aliphatic carbocycles. The number of hydrogen-bond acceptors (Lipinski definition) is 3. The van der Waals surface area contributed by atoms with Crippen molar-refractivity contribution in [3.05, 3.63) is 29.8 Å². The van der Waals surface area contributed by atoms with Gasteiger partial charge in [-0.1, -0.05) is 26.0 Å². The third-order valence-corrected chi connectivity index (χ3v) is 2.71. The number of halogens is 3. The van der Waals surface area contributed by atoms with Gasteiger partial charge in [0.15, 0.2) is 5.78 Å². The van der Waals surface area contributed by atoms with Crippen LogP contribution in [0.4, 0.5) is 13.2 Å². The van der Waals surface area contributed by atoms with E-state index in [0.717, 1.165) is 0 Å². The van der Waals surface area contributed by atoms with Crippen LogP contribution in [0.15, 0.2) is 24.3 Å². The van der Waals surface area contributed by atoms with Crippen LogP contribution in [-0.4, -0.2) is 25.4 Å². The molecule has 20 heavy (non-hydrogen) atoms. The second-order valence-corrected chi connectivity index (χ2v) is 4.74. The van der Waals surface area contributed by atoms with Gasteiger partial charge in [0.25, 0.3) is 0 Å². The summed E-state index contributed by atoms with van der Waals surface area (Å²) in [6.07, 6.45) is -5.11. The molecule has 0 saturated carbocycles. The van der Waals surface area contributed by atoms with Crippen molar-refractivity contribution in [3.63, 3.8) is 0 Å². The lowest BCUT2D eigenvalue weighted by atomic mass is 9.98. The Labute approximate surface area is 115 Å².